The third-order valence-corrected chi connectivity index (χ3v) is 3.39. The summed E-state index contributed by atoms with van der Waals surface area (Å²) in [5, 5.41) is 1.08. The molecular weight excluding hydrogens is 244 g/mol. The Morgan fingerprint density at radius 1 is 1.53 bits per heavy atom. The molecule has 3 heterocycles. The molecule has 0 unspecified atom stereocenters. The van der Waals surface area contributed by atoms with Crippen molar-refractivity contribution in [3.8, 4) is 0 Å². The average Bonchev–Trinajstić information content (AvgIpc) is 2.76. The highest BCUT2D eigenvalue weighted by Gasteiger charge is 2.31. The van der Waals surface area contributed by atoms with E-state index < -0.39 is 0 Å². The standard InChI is InChI=1S/C13H16N4O2/c1-3-9-4-14-12-11(9)13(16-7-15-12)17-5-10(6-17)19-8(2)18/h4,7,10H,3,5-6H2,1-2H3,(H,14,15,16). The predicted octanol–water partition coefficient (Wildman–Crippen LogP) is 1.27. The maximum absolute atomic E-state index is 10.9. The molecule has 6 nitrogen and oxygen atoms in total. The summed E-state index contributed by atoms with van der Waals surface area (Å²) >= 11 is 0. The van der Waals surface area contributed by atoms with Crippen LogP contribution in [0, 0.1) is 0 Å². The van der Waals surface area contributed by atoms with E-state index in [1.54, 1.807) is 6.33 Å². The van der Waals surface area contributed by atoms with Crippen molar-refractivity contribution >= 4 is 22.8 Å². The molecule has 0 radical (unpaired) electrons. The number of nitrogens with one attached hydrogen (secondary N) is 1. The number of H-pyrrole nitrogens is 1. The number of nitrogens with zero attached hydrogens (tertiary/aromatic N) is 3. The number of rotatable bonds is 3. The lowest BCUT2D eigenvalue weighted by Crippen LogP contribution is -2.53. The Bertz CT molecular complexity index is 616. The van der Waals surface area contributed by atoms with Gasteiger partial charge in [0.2, 0.25) is 0 Å². The minimum absolute atomic E-state index is 0.0217. The topological polar surface area (TPSA) is 71.1 Å². The molecule has 1 aliphatic heterocycles. The maximum Gasteiger partial charge on any atom is 0.303 e. The molecule has 100 valence electrons. The number of hydrogen-bond donors (Lipinski definition) is 1. The molecule has 0 bridgehead atoms. The van der Waals surface area contributed by atoms with Gasteiger partial charge in [0.25, 0.3) is 0 Å². The van der Waals surface area contributed by atoms with E-state index in [-0.39, 0.29) is 12.1 Å². The minimum Gasteiger partial charge on any atom is -0.459 e. The zero-order valence-corrected chi connectivity index (χ0v) is 11.0. The third kappa shape index (κ3) is 2.03. The van der Waals surface area contributed by atoms with E-state index in [1.165, 1.54) is 12.5 Å². The van der Waals surface area contributed by atoms with Crippen molar-refractivity contribution in [2.24, 2.45) is 0 Å². The van der Waals surface area contributed by atoms with Gasteiger partial charge in [0, 0.05) is 13.1 Å². The highest BCUT2D eigenvalue weighted by atomic mass is 16.5. The second-order valence-electron chi connectivity index (χ2n) is 4.72. The Morgan fingerprint density at radius 3 is 3.00 bits per heavy atom. The van der Waals surface area contributed by atoms with Crippen LogP contribution in [-0.4, -0.2) is 40.1 Å². The number of aryl methyl sites for hydroxylation is 1. The first-order chi connectivity index (χ1) is 9.19. The summed E-state index contributed by atoms with van der Waals surface area (Å²) < 4.78 is 5.16. The normalized spacial score (nSPS) is 15.6. The lowest BCUT2D eigenvalue weighted by Gasteiger charge is -2.39. The van der Waals surface area contributed by atoms with Gasteiger partial charge in [-0.25, -0.2) is 9.97 Å². The summed E-state index contributed by atoms with van der Waals surface area (Å²) in [6.45, 7) is 4.93. The molecule has 19 heavy (non-hydrogen) atoms. The minimum atomic E-state index is -0.228. The highest BCUT2D eigenvalue weighted by molar-refractivity contribution is 5.91. The number of esters is 1. The number of carbonyl (C=O) groups excluding carboxylic acids is 1. The number of carbonyl (C=O) groups is 1. The third-order valence-electron chi connectivity index (χ3n) is 3.39. The van der Waals surface area contributed by atoms with Crippen molar-refractivity contribution in [1.29, 1.82) is 0 Å². The fraction of sp³-hybridized carbons (Fsp3) is 0.462. The summed E-state index contributed by atoms with van der Waals surface area (Å²) in [5.41, 5.74) is 2.07. The number of ether oxygens (including phenoxy) is 1. The van der Waals surface area contributed by atoms with E-state index in [9.17, 15) is 4.79 Å². The first-order valence-corrected chi connectivity index (χ1v) is 6.42. The second kappa shape index (κ2) is 4.53. The molecule has 2 aromatic rings. The summed E-state index contributed by atoms with van der Waals surface area (Å²) in [6, 6.07) is 0. The van der Waals surface area contributed by atoms with Gasteiger partial charge in [-0.15, -0.1) is 0 Å². The van der Waals surface area contributed by atoms with Gasteiger partial charge in [0.05, 0.1) is 18.5 Å². The van der Waals surface area contributed by atoms with E-state index in [2.05, 4.69) is 26.8 Å². The Balaban J connectivity index is 1.86. The Kier molecular flexibility index (Phi) is 2.85. The summed E-state index contributed by atoms with van der Waals surface area (Å²) in [4.78, 5) is 24.8. The van der Waals surface area contributed by atoms with Crippen LogP contribution in [0.5, 0.6) is 0 Å². The second-order valence-corrected chi connectivity index (χ2v) is 4.72. The van der Waals surface area contributed by atoms with Crippen LogP contribution < -0.4 is 4.90 Å². The summed E-state index contributed by atoms with van der Waals surface area (Å²) in [5.74, 6) is 0.694. The number of aromatic amines is 1. The van der Waals surface area contributed by atoms with E-state index in [4.69, 9.17) is 4.74 Å². The van der Waals surface area contributed by atoms with E-state index >= 15 is 0 Å². The molecule has 1 aliphatic rings. The van der Waals surface area contributed by atoms with Crippen LogP contribution >= 0.6 is 0 Å². The Hall–Kier alpha value is -2.11. The van der Waals surface area contributed by atoms with Crippen molar-refractivity contribution in [2.45, 2.75) is 26.4 Å². The largest absolute Gasteiger partial charge is 0.459 e. The van der Waals surface area contributed by atoms with Crippen LogP contribution in [0.2, 0.25) is 0 Å². The zero-order chi connectivity index (χ0) is 13.4. The molecule has 2 aromatic heterocycles. The average molecular weight is 260 g/mol. The molecule has 0 aliphatic carbocycles. The van der Waals surface area contributed by atoms with Gasteiger partial charge in [-0.2, -0.15) is 0 Å². The Morgan fingerprint density at radius 2 is 2.32 bits per heavy atom. The summed E-state index contributed by atoms with van der Waals surface area (Å²) in [6.07, 6.45) is 4.45. The quantitative estimate of drug-likeness (QED) is 0.841. The number of hydrogen-bond acceptors (Lipinski definition) is 5. The predicted molar refractivity (Wildman–Crippen MR) is 71.0 cm³/mol. The number of aromatic nitrogens is 3. The van der Waals surface area contributed by atoms with Gasteiger partial charge in [0.1, 0.15) is 23.9 Å². The lowest BCUT2D eigenvalue weighted by molar-refractivity contribution is -0.147. The first kappa shape index (κ1) is 12.0. The van der Waals surface area contributed by atoms with Gasteiger partial charge in [-0.1, -0.05) is 6.92 Å². The van der Waals surface area contributed by atoms with Gasteiger partial charge in [0.15, 0.2) is 0 Å². The SMILES string of the molecule is CCc1c[nH]c2ncnc(N3CC(OC(C)=O)C3)c12. The molecule has 0 aromatic carbocycles. The molecule has 1 N–H and O–H groups in total. The molecule has 6 heteroatoms. The van der Waals surface area contributed by atoms with E-state index in [0.717, 1.165) is 23.3 Å². The molecule has 0 saturated carbocycles. The van der Waals surface area contributed by atoms with Crippen molar-refractivity contribution in [2.75, 3.05) is 18.0 Å². The summed E-state index contributed by atoms with van der Waals surface area (Å²) in [7, 11) is 0. The molecule has 3 rings (SSSR count). The molecule has 1 saturated heterocycles. The van der Waals surface area contributed by atoms with Crippen LogP contribution in [0.1, 0.15) is 19.4 Å². The van der Waals surface area contributed by atoms with Crippen LogP contribution in [-0.2, 0) is 16.0 Å². The van der Waals surface area contributed by atoms with Crippen LogP contribution in [0.3, 0.4) is 0 Å². The van der Waals surface area contributed by atoms with Crippen molar-refractivity contribution in [3.05, 3.63) is 18.1 Å². The van der Waals surface area contributed by atoms with Crippen LogP contribution in [0.15, 0.2) is 12.5 Å². The smallest absolute Gasteiger partial charge is 0.303 e. The fourth-order valence-electron chi connectivity index (χ4n) is 2.45. The van der Waals surface area contributed by atoms with E-state index in [0.29, 0.717) is 13.1 Å². The number of anilines is 1. The molecule has 1 fully saturated rings. The van der Waals surface area contributed by atoms with Crippen molar-refractivity contribution in [3.63, 3.8) is 0 Å². The number of fused-ring (bicyclic) bond motifs is 1. The van der Waals surface area contributed by atoms with Crippen molar-refractivity contribution < 1.29 is 9.53 Å². The van der Waals surface area contributed by atoms with E-state index in [1.807, 2.05) is 6.20 Å². The molecule has 0 atom stereocenters. The van der Waals surface area contributed by atoms with Crippen LogP contribution in [0.4, 0.5) is 5.82 Å². The molecule has 0 amide bonds. The molecule has 0 spiro atoms. The zero-order valence-electron chi connectivity index (χ0n) is 11.0. The Labute approximate surface area is 110 Å². The van der Waals surface area contributed by atoms with Crippen LogP contribution in [0.25, 0.3) is 11.0 Å². The monoisotopic (exact) mass is 260 g/mol. The highest BCUT2D eigenvalue weighted by Crippen LogP contribution is 2.30. The van der Waals surface area contributed by atoms with Gasteiger partial charge < -0.3 is 14.6 Å². The maximum atomic E-state index is 10.9. The van der Waals surface area contributed by atoms with Gasteiger partial charge >= 0.3 is 5.97 Å². The lowest BCUT2D eigenvalue weighted by atomic mass is 10.1. The van der Waals surface area contributed by atoms with Gasteiger partial charge in [-0.3, -0.25) is 4.79 Å². The molecular formula is C13H16N4O2. The van der Waals surface area contributed by atoms with Crippen molar-refractivity contribution in [1.82, 2.24) is 15.0 Å². The van der Waals surface area contributed by atoms with Gasteiger partial charge in [-0.05, 0) is 12.0 Å². The fourth-order valence-corrected chi connectivity index (χ4v) is 2.45. The first-order valence-electron chi connectivity index (χ1n) is 6.42.